The number of hydrogen-bond donors (Lipinski definition) is 2. The lowest BCUT2D eigenvalue weighted by molar-refractivity contribution is 0.598. The molecule has 1 aromatic heterocycles. The number of anilines is 2. The van der Waals surface area contributed by atoms with Crippen LogP contribution >= 0.6 is 0 Å². The van der Waals surface area contributed by atoms with Gasteiger partial charge in [0.15, 0.2) is 0 Å². The van der Waals surface area contributed by atoms with Crippen LogP contribution in [0.2, 0.25) is 0 Å². The smallest absolute Gasteiger partial charge is 0.240 e. The Hall–Kier alpha value is -2.12. The fourth-order valence-electron chi connectivity index (χ4n) is 2.13. The fraction of sp³-hybridized carbons (Fsp3) is 0.214. The van der Waals surface area contributed by atoms with Crippen molar-refractivity contribution in [3.05, 3.63) is 48.3 Å². The van der Waals surface area contributed by atoms with Crippen LogP contribution in [-0.2, 0) is 16.6 Å². The van der Waals surface area contributed by atoms with Gasteiger partial charge in [-0.2, -0.15) is 0 Å². The number of benzene rings is 1. The van der Waals surface area contributed by atoms with E-state index in [1.807, 2.05) is 24.0 Å². The molecule has 1 heterocycles. The first-order valence-electron chi connectivity index (χ1n) is 6.48. The summed E-state index contributed by atoms with van der Waals surface area (Å²) in [5, 5.41) is 5.19. The largest absolute Gasteiger partial charge is 0.396 e. The van der Waals surface area contributed by atoms with Crippen LogP contribution < -0.4 is 15.8 Å². The van der Waals surface area contributed by atoms with Crippen molar-refractivity contribution in [2.75, 3.05) is 17.2 Å². The van der Waals surface area contributed by atoms with Crippen molar-refractivity contribution < 1.29 is 8.42 Å². The Bertz CT molecular complexity index is 717. The maximum absolute atomic E-state index is 11.5. The lowest BCUT2D eigenvalue weighted by Crippen LogP contribution is -2.24. The van der Waals surface area contributed by atoms with Crippen LogP contribution in [0, 0.1) is 0 Å². The average molecular weight is 306 g/mol. The van der Waals surface area contributed by atoms with Gasteiger partial charge in [-0.3, -0.25) is 4.98 Å². The molecule has 0 saturated heterocycles. The van der Waals surface area contributed by atoms with Gasteiger partial charge in [0, 0.05) is 25.5 Å². The standard InChI is InChI=1S/C14H18N4O2S/c1-2-18(10-11-6-8-17-9-7-11)12-4-3-5-13(14(12)15)21(16,19)20/h3-9H,2,10,15H2,1H3,(H2,16,19,20). The molecule has 0 atom stereocenters. The van der Waals surface area contributed by atoms with Crippen LogP contribution in [0.15, 0.2) is 47.6 Å². The van der Waals surface area contributed by atoms with Gasteiger partial charge >= 0.3 is 0 Å². The van der Waals surface area contributed by atoms with E-state index in [1.165, 1.54) is 6.07 Å². The van der Waals surface area contributed by atoms with Crippen LogP contribution in [-0.4, -0.2) is 19.9 Å². The molecule has 0 saturated carbocycles. The zero-order valence-electron chi connectivity index (χ0n) is 11.7. The predicted octanol–water partition coefficient (Wildman–Crippen LogP) is 1.34. The first-order valence-corrected chi connectivity index (χ1v) is 8.03. The summed E-state index contributed by atoms with van der Waals surface area (Å²) in [6.45, 7) is 3.27. The highest BCUT2D eigenvalue weighted by molar-refractivity contribution is 7.89. The molecule has 0 aliphatic heterocycles. The Morgan fingerprint density at radius 1 is 1.19 bits per heavy atom. The Kier molecular flexibility index (Phi) is 4.44. The van der Waals surface area contributed by atoms with Crippen molar-refractivity contribution in [1.82, 2.24) is 4.98 Å². The lowest BCUT2D eigenvalue weighted by atomic mass is 10.2. The molecule has 0 fully saturated rings. The van der Waals surface area contributed by atoms with E-state index in [0.29, 0.717) is 18.8 Å². The molecule has 21 heavy (non-hydrogen) atoms. The number of aromatic nitrogens is 1. The summed E-state index contributed by atoms with van der Waals surface area (Å²) in [5.74, 6) is 0. The minimum absolute atomic E-state index is 0.0480. The third-order valence-corrected chi connectivity index (χ3v) is 4.16. The second-order valence-corrected chi connectivity index (χ2v) is 6.13. The monoisotopic (exact) mass is 306 g/mol. The van der Waals surface area contributed by atoms with E-state index in [4.69, 9.17) is 10.9 Å². The van der Waals surface area contributed by atoms with Crippen LogP contribution in [0.3, 0.4) is 0 Å². The third-order valence-electron chi connectivity index (χ3n) is 3.19. The maximum Gasteiger partial charge on any atom is 0.240 e. The molecule has 2 rings (SSSR count). The van der Waals surface area contributed by atoms with E-state index < -0.39 is 10.0 Å². The highest BCUT2D eigenvalue weighted by Crippen LogP contribution is 2.30. The number of nitrogen functional groups attached to an aromatic ring is 1. The molecule has 0 bridgehead atoms. The van der Waals surface area contributed by atoms with Crippen LogP contribution in [0.1, 0.15) is 12.5 Å². The van der Waals surface area contributed by atoms with E-state index in [-0.39, 0.29) is 10.6 Å². The molecular weight excluding hydrogens is 288 g/mol. The van der Waals surface area contributed by atoms with Crippen molar-refractivity contribution in [2.24, 2.45) is 5.14 Å². The van der Waals surface area contributed by atoms with Crippen molar-refractivity contribution in [1.29, 1.82) is 0 Å². The van der Waals surface area contributed by atoms with Gasteiger partial charge in [0.1, 0.15) is 4.90 Å². The summed E-state index contributed by atoms with van der Waals surface area (Å²) in [5.41, 5.74) is 7.88. The van der Waals surface area contributed by atoms with Gasteiger partial charge in [-0.15, -0.1) is 0 Å². The van der Waals surface area contributed by atoms with Gasteiger partial charge in [0.25, 0.3) is 0 Å². The predicted molar refractivity (Wildman–Crippen MR) is 83.2 cm³/mol. The van der Waals surface area contributed by atoms with Crippen molar-refractivity contribution in [3.63, 3.8) is 0 Å². The van der Waals surface area contributed by atoms with E-state index in [0.717, 1.165) is 5.56 Å². The van der Waals surface area contributed by atoms with Gasteiger partial charge in [-0.05, 0) is 36.8 Å². The summed E-state index contributed by atoms with van der Waals surface area (Å²) < 4.78 is 23.1. The highest BCUT2D eigenvalue weighted by Gasteiger charge is 2.17. The van der Waals surface area contributed by atoms with Gasteiger partial charge in [-0.1, -0.05) is 6.07 Å². The van der Waals surface area contributed by atoms with Crippen LogP contribution in [0.4, 0.5) is 11.4 Å². The first-order chi connectivity index (χ1) is 9.93. The third kappa shape index (κ3) is 3.50. The molecule has 0 spiro atoms. The molecule has 0 radical (unpaired) electrons. The zero-order valence-corrected chi connectivity index (χ0v) is 12.5. The maximum atomic E-state index is 11.5. The molecule has 7 heteroatoms. The topological polar surface area (TPSA) is 102 Å². The Labute approximate surface area is 124 Å². The van der Waals surface area contributed by atoms with Gasteiger partial charge < -0.3 is 10.6 Å². The molecule has 0 unspecified atom stereocenters. The highest BCUT2D eigenvalue weighted by atomic mass is 32.2. The minimum Gasteiger partial charge on any atom is -0.396 e. The molecule has 0 aliphatic carbocycles. The van der Waals surface area contributed by atoms with Crippen molar-refractivity contribution in [3.8, 4) is 0 Å². The minimum atomic E-state index is -3.83. The average Bonchev–Trinajstić information content (AvgIpc) is 2.45. The first kappa shape index (κ1) is 15.3. The number of primary sulfonamides is 1. The number of pyridine rings is 1. The molecule has 1 aromatic carbocycles. The number of rotatable bonds is 5. The molecule has 0 amide bonds. The summed E-state index contributed by atoms with van der Waals surface area (Å²) in [6, 6.07) is 8.65. The van der Waals surface area contributed by atoms with E-state index in [2.05, 4.69) is 4.98 Å². The quantitative estimate of drug-likeness (QED) is 0.811. The molecule has 112 valence electrons. The van der Waals surface area contributed by atoms with E-state index in [9.17, 15) is 8.42 Å². The van der Waals surface area contributed by atoms with Crippen molar-refractivity contribution >= 4 is 21.4 Å². The van der Waals surface area contributed by atoms with Gasteiger partial charge in [0.2, 0.25) is 10.0 Å². The molecule has 6 nitrogen and oxygen atoms in total. The Morgan fingerprint density at radius 3 is 2.43 bits per heavy atom. The normalized spacial score (nSPS) is 11.3. The SMILES string of the molecule is CCN(Cc1ccncc1)c1cccc(S(N)(=O)=O)c1N. The van der Waals surface area contributed by atoms with Gasteiger partial charge in [-0.25, -0.2) is 13.6 Å². The number of nitrogens with two attached hydrogens (primary N) is 2. The second kappa shape index (κ2) is 6.11. The number of hydrogen-bond acceptors (Lipinski definition) is 5. The summed E-state index contributed by atoms with van der Waals surface area (Å²) >= 11 is 0. The lowest BCUT2D eigenvalue weighted by Gasteiger charge is -2.25. The molecule has 2 aromatic rings. The van der Waals surface area contributed by atoms with Crippen molar-refractivity contribution in [2.45, 2.75) is 18.4 Å². The summed E-state index contributed by atoms with van der Waals surface area (Å²) in [6.07, 6.45) is 3.43. The van der Waals surface area contributed by atoms with E-state index in [1.54, 1.807) is 24.5 Å². The number of nitrogens with zero attached hydrogens (tertiary/aromatic N) is 2. The molecular formula is C14H18N4O2S. The second-order valence-electron chi connectivity index (χ2n) is 4.60. The zero-order chi connectivity index (χ0) is 15.5. The number of sulfonamides is 1. The Balaban J connectivity index is 2.39. The Morgan fingerprint density at radius 2 is 1.86 bits per heavy atom. The fourth-order valence-corrected chi connectivity index (χ4v) is 2.81. The van der Waals surface area contributed by atoms with Crippen LogP contribution in [0.5, 0.6) is 0 Å². The summed E-state index contributed by atoms with van der Waals surface area (Å²) in [7, 11) is -3.83. The molecule has 4 N–H and O–H groups in total. The van der Waals surface area contributed by atoms with Gasteiger partial charge in [0.05, 0.1) is 11.4 Å². The van der Waals surface area contributed by atoms with Crippen LogP contribution in [0.25, 0.3) is 0 Å². The number of para-hydroxylation sites is 1. The molecule has 0 aliphatic rings. The summed E-state index contributed by atoms with van der Waals surface area (Å²) in [4.78, 5) is 5.91. The van der Waals surface area contributed by atoms with E-state index >= 15 is 0 Å².